The van der Waals surface area contributed by atoms with Gasteiger partial charge in [-0.3, -0.25) is 4.57 Å². The van der Waals surface area contributed by atoms with Crippen molar-refractivity contribution in [3.05, 3.63) is 60.7 Å². The number of carbonyl (C=O) groups is 1. The number of nitrogens with zero attached hydrogens (tertiary/aromatic N) is 2. The van der Waals surface area contributed by atoms with Crippen molar-refractivity contribution < 1.29 is 4.79 Å². The molecule has 0 spiro atoms. The molecule has 0 aliphatic rings. The van der Waals surface area contributed by atoms with Gasteiger partial charge < -0.3 is 5.32 Å². The van der Waals surface area contributed by atoms with Crippen LogP contribution < -0.4 is 5.32 Å². The number of carbonyl (C=O) groups excluding carboxylic acids is 1. The van der Waals surface area contributed by atoms with Crippen LogP contribution in [-0.2, 0) is 6.42 Å². The van der Waals surface area contributed by atoms with E-state index in [1.165, 1.54) is 0 Å². The van der Waals surface area contributed by atoms with Crippen LogP contribution in [0.3, 0.4) is 0 Å². The summed E-state index contributed by atoms with van der Waals surface area (Å²) < 4.78 is 1.54. The summed E-state index contributed by atoms with van der Waals surface area (Å²) in [6, 6.07) is 13.7. The first-order valence-corrected chi connectivity index (χ1v) is 6.61. The average Bonchev–Trinajstić information content (AvgIpc) is 2.96. The van der Waals surface area contributed by atoms with Gasteiger partial charge in [-0.25, -0.2) is 9.78 Å². The Hall–Kier alpha value is -2.62. The van der Waals surface area contributed by atoms with Gasteiger partial charge in [-0.1, -0.05) is 43.3 Å². The van der Waals surface area contributed by atoms with E-state index in [9.17, 15) is 4.79 Å². The zero-order chi connectivity index (χ0) is 13.9. The standard InChI is InChI=1S/C16H15N3O/c1-2-15-17-10-11-19(15)16(20)18-14-9-5-7-12-6-3-4-8-13(12)14/h3-11H,2H2,1H3,(H,18,20). The molecule has 1 aromatic heterocycles. The summed E-state index contributed by atoms with van der Waals surface area (Å²) in [5, 5.41) is 5.08. The average molecular weight is 265 g/mol. The highest BCUT2D eigenvalue weighted by Crippen LogP contribution is 2.23. The number of amides is 1. The first-order valence-electron chi connectivity index (χ1n) is 6.61. The molecule has 4 nitrogen and oxygen atoms in total. The van der Waals surface area contributed by atoms with Crippen LogP contribution in [0.25, 0.3) is 10.8 Å². The molecule has 3 aromatic rings. The van der Waals surface area contributed by atoms with Crippen molar-refractivity contribution in [3.63, 3.8) is 0 Å². The van der Waals surface area contributed by atoms with Gasteiger partial charge in [0.05, 0.1) is 5.69 Å². The molecule has 0 radical (unpaired) electrons. The molecule has 1 amide bonds. The van der Waals surface area contributed by atoms with Crippen molar-refractivity contribution in [2.75, 3.05) is 5.32 Å². The molecule has 0 saturated carbocycles. The van der Waals surface area contributed by atoms with Crippen LogP contribution in [-0.4, -0.2) is 15.6 Å². The molecule has 0 atom stereocenters. The second-order valence-corrected chi connectivity index (χ2v) is 4.52. The predicted molar refractivity (Wildman–Crippen MR) is 80.0 cm³/mol. The molecule has 0 aliphatic carbocycles. The topological polar surface area (TPSA) is 46.9 Å². The number of hydrogen-bond donors (Lipinski definition) is 1. The maximum atomic E-state index is 12.3. The highest BCUT2D eigenvalue weighted by atomic mass is 16.2. The molecule has 1 heterocycles. The van der Waals surface area contributed by atoms with E-state index in [1.54, 1.807) is 17.0 Å². The molecule has 0 bridgehead atoms. The first kappa shape index (κ1) is 12.4. The third-order valence-corrected chi connectivity index (χ3v) is 3.28. The number of aromatic nitrogens is 2. The maximum Gasteiger partial charge on any atom is 0.331 e. The van der Waals surface area contributed by atoms with Gasteiger partial charge in [-0.15, -0.1) is 0 Å². The molecule has 4 heteroatoms. The van der Waals surface area contributed by atoms with Gasteiger partial charge in [0.1, 0.15) is 5.82 Å². The van der Waals surface area contributed by atoms with E-state index < -0.39 is 0 Å². The predicted octanol–water partition coefficient (Wildman–Crippen LogP) is 3.68. The van der Waals surface area contributed by atoms with Crippen molar-refractivity contribution in [2.45, 2.75) is 13.3 Å². The summed E-state index contributed by atoms with van der Waals surface area (Å²) in [4.78, 5) is 16.5. The van der Waals surface area contributed by atoms with Gasteiger partial charge in [0.25, 0.3) is 0 Å². The lowest BCUT2D eigenvalue weighted by Gasteiger charge is -2.10. The number of fused-ring (bicyclic) bond motifs is 1. The molecule has 20 heavy (non-hydrogen) atoms. The molecule has 0 unspecified atom stereocenters. The molecular weight excluding hydrogens is 250 g/mol. The molecular formula is C16H15N3O. The van der Waals surface area contributed by atoms with Crippen molar-refractivity contribution in [1.82, 2.24) is 9.55 Å². The number of imidazole rings is 1. The molecule has 0 aliphatic heterocycles. The Kier molecular flexibility index (Phi) is 3.21. The van der Waals surface area contributed by atoms with E-state index in [2.05, 4.69) is 10.3 Å². The van der Waals surface area contributed by atoms with Crippen molar-refractivity contribution in [3.8, 4) is 0 Å². The SMILES string of the molecule is CCc1nccn1C(=O)Nc1cccc2ccccc12. The quantitative estimate of drug-likeness (QED) is 0.768. The number of aryl methyl sites for hydroxylation is 1. The normalized spacial score (nSPS) is 10.7. The van der Waals surface area contributed by atoms with Crippen LogP contribution >= 0.6 is 0 Å². The third kappa shape index (κ3) is 2.16. The van der Waals surface area contributed by atoms with Crippen LogP contribution in [0.5, 0.6) is 0 Å². The Labute approximate surface area is 117 Å². The fourth-order valence-corrected chi connectivity index (χ4v) is 2.29. The van der Waals surface area contributed by atoms with Crippen LogP contribution in [0.4, 0.5) is 10.5 Å². The monoisotopic (exact) mass is 265 g/mol. The van der Waals surface area contributed by atoms with E-state index in [0.717, 1.165) is 28.7 Å². The Bertz CT molecular complexity index is 756. The smallest absolute Gasteiger partial charge is 0.307 e. The van der Waals surface area contributed by atoms with E-state index >= 15 is 0 Å². The Morgan fingerprint density at radius 2 is 2.00 bits per heavy atom. The minimum Gasteiger partial charge on any atom is -0.307 e. The van der Waals surface area contributed by atoms with Crippen LogP contribution in [0.1, 0.15) is 12.7 Å². The summed E-state index contributed by atoms with van der Waals surface area (Å²) >= 11 is 0. The Balaban J connectivity index is 1.96. The summed E-state index contributed by atoms with van der Waals surface area (Å²) in [6.07, 6.45) is 4.04. The van der Waals surface area contributed by atoms with E-state index in [0.29, 0.717) is 0 Å². The lowest BCUT2D eigenvalue weighted by molar-refractivity contribution is 0.253. The van der Waals surface area contributed by atoms with Gasteiger partial charge in [0.15, 0.2) is 0 Å². The van der Waals surface area contributed by atoms with E-state index in [4.69, 9.17) is 0 Å². The van der Waals surface area contributed by atoms with Gasteiger partial charge in [-0.2, -0.15) is 0 Å². The molecule has 0 saturated heterocycles. The fraction of sp³-hybridized carbons (Fsp3) is 0.125. The van der Waals surface area contributed by atoms with Gasteiger partial charge in [0.2, 0.25) is 0 Å². The molecule has 1 N–H and O–H groups in total. The summed E-state index contributed by atoms with van der Waals surface area (Å²) in [5.41, 5.74) is 0.809. The van der Waals surface area contributed by atoms with Crippen molar-refractivity contribution in [2.24, 2.45) is 0 Å². The number of rotatable bonds is 2. The minimum absolute atomic E-state index is 0.185. The van der Waals surface area contributed by atoms with E-state index in [-0.39, 0.29) is 6.03 Å². The molecule has 2 aromatic carbocycles. The van der Waals surface area contributed by atoms with Crippen molar-refractivity contribution in [1.29, 1.82) is 0 Å². The lowest BCUT2D eigenvalue weighted by atomic mass is 10.1. The second-order valence-electron chi connectivity index (χ2n) is 4.52. The highest BCUT2D eigenvalue weighted by molar-refractivity contribution is 6.02. The van der Waals surface area contributed by atoms with E-state index in [1.807, 2.05) is 49.4 Å². The highest BCUT2D eigenvalue weighted by Gasteiger charge is 2.10. The summed E-state index contributed by atoms with van der Waals surface area (Å²) in [7, 11) is 0. The zero-order valence-corrected chi connectivity index (χ0v) is 11.2. The zero-order valence-electron chi connectivity index (χ0n) is 11.2. The number of benzene rings is 2. The van der Waals surface area contributed by atoms with Crippen LogP contribution in [0.15, 0.2) is 54.9 Å². The minimum atomic E-state index is -0.185. The number of hydrogen-bond acceptors (Lipinski definition) is 2. The molecule has 0 fully saturated rings. The van der Waals surface area contributed by atoms with Crippen LogP contribution in [0, 0.1) is 0 Å². The summed E-state index contributed by atoms with van der Waals surface area (Å²) in [6.45, 7) is 1.98. The van der Waals surface area contributed by atoms with Gasteiger partial charge in [-0.05, 0) is 11.5 Å². The fourth-order valence-electron chi connectivity index (χ4n) is 2.29. The lowest BCUT2D eigenvalue weighted by Crippen LogP contribution is -2.20. The second kappa shape index (κ2) is 5.17. The maximum absolute atomic E-state index is 12.3. The largest absolute Gasteiger partial charge is 0.331 e. The molecule has 3 rings (SSSR count). The Morgan fingerprint density at radius 3 is 2.85 bits per heavy atom. The number of nitrogens with one attached hydrogen (secondary N) is 1. The first-order chi connectivity index (χ1) is 9.79. The van der Waals surface area contributed by atoms with Gasteiger partial charge >= 0.3 is 6.03 Å². The molecule has 100 valence electrons. The van der Waals surface area contributed by atoms with Crippen LogP contribution in [0.2, 0.25) is 0 Å². The number of anilines is 1. The Morgan fingerprint density at radius 1 is 1.20 bits per heavy atom. The summed E-state index contributed by atoms with van der Waals surface area (Å²) in [5.74, 6) is 0.753. The third-order valence-electron chi connectivity index (χ3n) is 3.28. The van der Waals surface area contributed by atoms with Crippen molar-refractivity contribution >= 4 is 22.5 Å². The van der Waals surface area contributed by atoms with Gasteiger partial charge in [0, 0.05) is 24.2 Å².